The fraction of sp³-hybridized carbons (Fsp3) is 0.583. The highest BCUT2D eigenvalue weighted by Gasteiger charge is 2.17. The Kier molecular flexibility index (Phi) is 4.86. The Labute approximate surface area is 116 Å². The van der Waals surface area contributed by atoms with E-state index in [-0.39, 0.29) is 18.2 Å². The van der Waals surface area contributed by atoms with Crippen molar-refractivity contribution in [2.45, 2.75) is 31.9 Å². The smallest absolute Gasteiger partial charge is 0.315 e. The van der Waals surface area contributed by atoms with Crippen molar-refractivity contribution in [2.24, 2.45) is 0 Å². The molecule has 1 aromatic rings. The molecule has 2 N–H and O–H groups in total. The predicted octanol–water partition coefficient (Wildman–Crippen LogP) is 2.94. The van der Waals surface area contributed by atoms with E-state index in [2.05, 4.69) is 10.6 Å². The highest BCUT2D eigenvalue weighted by Crippen LogP contribution is 2.26. The highest BCUT2D eigenvalue weighted by molar-refractivity contribution is 7.16. The number of nitrogens with one attached hydrogen (secondary N) is 2. The molecular weight excluding hydrogens is 272 g/mol. The number of carbonyl (C=O) groups is 1. The van der Waals surface area contributed by atoms with Crippen LogP contribution in [0.4, 0.5) is 4.79 Å². The van der Waals surface area contributed by atoms with Gasteiger partial charge in [-0.3, -0.25) is 0 Å². The van der Waals surface area contributed by atoms with Crippen LogP contribution in [0.1, 0.15) is 30.7 Å². The topological polar surface area (TPSA) is 50.4 Å². The number of ether oxygens (including phenoxy) is 1. The van der Waals surface area contributed by atoms with Gasteiger partial charge in [0.1, 0.15) is 0 Å². The van der Waals surface area contributed by atoms with E-state index in [1.807, 2.05) is 19.1 Å². The third-order valence-corrected chi connectivity index (χ3v) is 4.30. The number of rotatable bonds is 4. The van der Waals surface area contributed by atoms with Gasteiger partial charge in [-0.2, -0.15) is 0 Å². The molecule has 0 saturated carbocycles. The van der Waals surface area contributed by atoms with E-state index in [9.17, 15) is 4.79 Å². The standard InChI is InChI=1S/C12H17ClN2O2S/c1-8(10-4-5-11(13)18-10)15-12(16)14-7-9-3-2-6-17-9/h4-5,8-9H,2-3,6-7H2,1H3,(H2,14,15,16)/t8-,9+/m1/s1. The minimum Gasteiger partial charge on any atom is -0.376 e. The van der Waals surface area contributed by atoms with E-state index < -0.39 is 0 Å². The summed E-state index contributed by atoms with van der Waals surface area (Å²) < 4.78 is 6.17. The number of thiophene rings is 1. The SMILES string of the molecule is C[C@@H](NC(=O)NC[C@@H]1CCCO1)c1ccc(Cl)s1. The van der Waals surface area contributed by atoms with Gasteiger partial charge in [0.25, 0.3) is 0 Å². The molecule has 1 saturated heterocycles. The van der Waals surface area contributed by atoms with Gasteiger partial charge in [0.2, 0.25) is 0 Å². The summed E-state index contributed by atoms with van der Waals surface area (Å²) in [5.41, 5.74) is 0. The lowest BCUT2D eigenvalue weighted by Gasteiger charge is -2.15. The number of amides is 2. The quantitative estimate of drug-likeness (QED) is 0.895. The predicted molar refractivity (Wildman–Crippen MR) is 73.3 cm³/mol. The normalized spacial score (nSPS) is 20.7. The van der Waals surface area contributed by atoms with Gasteiger partial charge in [0, 0.05) is 18.0 Å². The van der Waals surface area contributed by atoms with Crippen LogP contribution < -0.4 is 10.6 Å². The third kappa shape index (κ3) is 3.86. The van der Waals surface area contributed by atoms with Gasteiger partial charge >= 0.3 is 6.03 Å². The molecule has 0 aliphatic carbocycles. The molecule has 0 radical (unpaired) electrons. The minimum atomic E-state index is -0.164. The lowest BCUT2D eigenvalue weighted by atomic mass is 10.2. The summed E-state index contributed by atoms with van der Waals surface area (Å²) in [4.78, 5) is 12.7. The van der Waals surface area contributed by atoms with E-state index in [0.29, 0.717) is 6.54 Å². The molecule has 2 amide bonds. The highest BCUT2D eigenvalue weighted by atomic mass is 35.5. The molecule has 2 atom stereocenters. The zero-order chi connectivity index (χ0) is 13.0. The van der Waals surface area contributed by atoms with Crippen LogP contribution in [0.25, 0.3) is 0 Å². The maximum absolute atomic E-state index is 11.7. The molecule has 0 spiro atoms. The molecule has 6 heteroatoms. The average Bonchev–Trinajstić information content (AvgIpc) is 2.97. The molecule has 1 aliphatic rings. The maximum atomic E-state index is 11.7. The van der Waals surface area contributed by atoms with Crippen molar-refractivity contribution in [3.63, 3.8) is 0 Å². The van der Waals surface area contributed by atoms with Gasteiger partial charge in [0.05, 0.1) is 16.5 Å². The van der Waals surface area contributed by atoms with Crippen LogP contribution in [0, 0.1) is 0 Å². The number of carbonyl (C=O) groups excluding carboxylic acids is 1. The summed E-state index contributed by atoms with van der Waals surface area (Å²) in [7, 11) is 0. The molecule has 100 valence electrons. The van der Waals surface area contributed by atoms with Crippen LogP contribution in [0.5, 0.6) is 0 Å². The van der Waals surface area contributed by atoms with Crippen molar-refractivity contribution in [3.8, 4) is 0 Å². The van der Waals surface area contributed by atoms with E-state index in [4.69, 9.17) is 16.3 Å². The minimum absolute atomic E-state index is 0.0352. The Balaban J connectivity index is 1.73. The van der Waals surface area contributed by atoms with Crippen molar-refractivity contribution >= 4 is 29.0 Å². The average molecular weight is 289 g/mol. The maximum Gasteiger partial charge on any atom is 0.315 e. The van der Waals surface area contributed by atoms with E-state index >= 15 is 0 Å². The van der Waals surface area contributed by atoms with Gasteiger partial charge in [-0.15, -0.1) is 11.3 Å². The number of halogens is 1. The van der Waals surface area contributed by atoms with Gasteiger partial charge in [-0.25, -0.2) is 4.79 Å². The first kappa shape index (κ1) is 13.6. The summed E-state index contributed by atoms with van der Waals surface area (Å²) in [6.45, 7) is 3.32. The summed E-state index contributed by atoms with van der Waals surface area (Å²) >= 11 is 7.34. The monoisotopic (exact) mass is 288 g/mol. The van der Waals surface area contributed by atoms with E-state index in [1.54, 1.807) is 0 Å². The van der Waals surface area contributed by atoms with Crippen molar-refractivity contribution in [1.82, 2.24) is 10.6 Å². The lowest BCUT2D eigenvalue weighted by molar-refractivity contribution is 0.111. The number of urea groups is 1. The second-order valence-electron chi connectivity index (χ2n) is 4.35. The summed E-state index contributed by atoms with van der Waals surface area (Å²) in [5, 5.41) is 5.71. The van der Waals surface area contributed by atoms with Crippen LogP contribution in [0.3, 0.4) is 0 Å². The zero-order valence-corrected chi connectivity index (χ0v) is 11.8. The molecule has 0 bridgehead atoms. The molecule has 1 aliphatic heterocycles. The van der Waals surface area contributed by atoms with Crippen molar-refractivity contribution < 1.29 is 9.53 Å². The molecule has 4 nitrogen and oxygen atoms in total. The van der Waals surface area contributed by atoms with Crippen molar-refractivity contribution in [1.29, 1.82) is 0 Å². The number of hydrogen-bond donors (Lipinski definition) is 2. The molecule has 2 heterocycles. The van der Waals surface area contributed by atoms with Gasteiger partial charge in [-0.1, -0.05) is 11.6 Å². The van der Waals surface area contributed by atoms with Gasteiger partial charge in [0.15, 0.2) is 0 Å². The van der Waals surface area contributed by atoms with Gasteiger partial charge < -0.3 is 15.4 Å². The molecule has 0 unspecified atom stereocenters. The first-order chi connectivity index (χ1) is 8.65. The van der Waals surface area contributed by atoms with E-state index in [0.717, 1.165) is 28.7 Å². The fourth-order valence-electron chi connectivity index (χ4n) is 1.89. The molecule has 18 heavy (non-hydrogen) atoms. The van der Waals surface area contributed by atoms with Crippen LogP contribution >= 0.6 is 22.9 Å². The Bertz CT molecular complexity index is 405. The lowest BCUT2D eigenvalue weighted by Crippen LogP contribution is -2.40. The van der Waals surface area contributed by atoms with Crippen LogP contribution in [0.2, 0.25) is 4.34 Å². The Morgan fingerprint density at radius 2 is 2.50 bits per heavy atom. The second kappa shape index (κ2) is 6.41. The Morgan fingerprint density at radius 1 is 1.67 bits per heavy atom. The molecular formula is C12H17ClN2O2S. The van der Waals surface area contributed by atoms with Crippen molar-refractivity contribution in [3.05, 3.63) is 21.3 Å². The van der Waals surface area contributed by atoms with E-state index in [1.165, 1.54) is 11.3 Å². The van der Waals surface area contributed by atoms with Crippen LogP contribution in [-0.4, -0.2) is 25.3 Å². The molecule has 2 rings (SSSR count). The molecule has 0 aromatic carbocycles. The fourth-order valence-corrected chi connectivity index (χ4v) is 2.95. The first-order valence-corrected chi connectivity index (χ1v) is 7.26. The number of hydrogen-bond acceptors (Lipinski definition) is 3. The van der Waals surface area contributed by atoms with Crippen LogP contribution in [0.15, 0.2) is 12.1 Å². The van der Waals surface area contributed by atoms with Gasteiger partial charge in [-0.05, 0) is 31.9 Å². The summed E-state index contributed by atoms with van der Waals surface area (Å²) in [5.74, 6) is 0. The van der Waals surface area contributed by atoms with Crippen LogP contribution in [-0.2, 0) is 4.74 Å². The molecule has 1 fully saturated rings. The summed E-state index contributed by atoms with van der Waals surface area (Å²) in [6.07, 6.45) is 2.27. The third-order valence-electron chi connectivity index (χ3n) is 2.88. The largest absolute Gasteiger partial charge is 0.376 e. The Morgan fingerprint density at radius 3 is 3.11 bits per heavy atom. The zero-order valence-electron chi connectivity index (χ0n) is 10.2. The van der Waals surface area contributed by atoms with Crippen molar-refractivity contribution in [2.75, 3.05) is 13.2 Å². The summed E-state index contributed by atoms with van der Waals surface area (Å²) in [6, 6.07) is 3.57. The molecule has 1 aromatic heterocycles. The Hall–Kier alpha value is -0.780. The second-order valence-corrected chi connectivity index (χ2v) is 6.10. The first-order valence-electron chi connectivity index (χ1n) is 6.06.